The lowest BCUT2D eigenvalue weighted by Gasteiger charge is -2.11. The van der Waals surface area contributed by atoms with Gasteiger partial charge < -0.3 is 4.42 Å². The van der Waals surface area contributed by atoms with Crippen molar-refractivity contribution in [1.82, 2.24) is 0 Å². The lowest BCUT2D eigenvalue weighted by atomic mass is 9.99. The first-order valence-electron chi connectivity index (χ1n) is 6.77. The fraction of sp³-hybridized carbons (Fsp3) is 0.412. The van der Waals surface area contributed by atoms with Crippen molar-refractivity contribution in [2.45, 2.75) is 39.5 Å². The minimum absolute atomic E-state index is 0.134. The molecule has 0 amide bonds. The molecule has 1 nitrogen and oxygen atoms in total. The number of aryl methyl sites for hydroxylation is 2. The molecule has 0 bridgehead atoms. The molecule has 1 heterocycles. The maximum atomic E-state index is 6.55. The molecular formula is C17H21ClO. The molecule has 2 heteroatoms. The summed E-state index contributed by atoms with van der Waals surface area (Å²) in [4.78, 5) is 0. The van der Waals surface area contributed by atoms with E-state index in [9.17, 15) is 0 Å². The SMILES string of the molecule is Cc1cc(C(Cl)c2ccc(CC(C)C)cc2)c(C)o1. The summed E-state index contributed by atoms with van der Waals surface area (Å²) < 4.78 is 5.55. The van der Waals surface area contributed by atoms with Gasteiger partial charge >= 0.3 is 0 Å². The lowest BCUT2D eigenvalue weighted by Crippen LogP contribution is -1.96. The highest BCUT2D eigenvalue weighted by Gasteiger charge is 2.16. The van der Waals surface area contributed by atoms with Crippen molar-refractivity contribution in [3.8, 4) is 0 Å². The number of hydrogen-bond donors (Lipinski definition) is 0. The van der Waals surface area contributed by atoms with E-state index in [1.807, 2.05) is 19.9 Å². The number of halogens is 1. The molecule has 0 radical (unpaired) electrons. The highest BCUT2D eigenvalue weighted by molar-refractivity contribution is 6.22. The summed E-state index contributed by atoms with van der Waals surface area (Å²) in [6.45, 7) is 8.38. The van der Waals surface area contributed by atoms with Crippen molar-refractivity contribution in [3.05, 3.63) is 58.5 Å². The standard InChI is InChI=1S/C17H21ClO/c1-11(2)9-14-5-7-15(8-6-14)17(18)16-10-12(3)19-13(16)4/h5-8,10-11,17H,9H2,1-4H3. The fourth-order valence-corrected chi connectivity index (χ4v) is 2.74. The third-order valence-corrected chi connectivity index (χ3v) is 3.76. The topological polar surface area (TPSA) is 13.1 Å². The van der Waals surface area contributed by atoms with Gasteiger partial charge in [-0.2, -0.15) is 0 Å². The highest BCUT2D eigenvalue weighted by atomic mass is 35.5. The summed E-state index contributed by atoms with van der Waals surface area (Å²) in [5, 5.41) is -0.134. The van der Waals surface area contributed by atoms with E-state index in [4.69, 9.17) is 16.0 Å². The maximum Gasteiger partial charge on any atom is 0.106 e. The van der Waals surface area contributed by atoms with E-state index in [1.165, 1.54) is 5.56 Å². The molecule has 1 unspecified atom stereocenters. The van der Waals surface area contributed by atoms with Crippen molar-refractivity contribution in [1.29, 1.82) is 0 Å². The van der Waals surface area contributed by atoms with Crippen LogP contribution in [0, 0.1) is 19.8 Å². The van der Waals surface area contributed by atoms with E-state index in [2.05, 4.69) is 38.1 Å². The molecule has 1 aromatic carbocycles. The Labute approximate surface area is 120 Å². The van der Waals surface area contributed by atoms with Crippen molar-refractivity contribution in [2.75, 3.05) is 0 Å². The van der Waals surface area contributed by atoms with Crippen molar-refractivity contribution in [2.24, 2.45) is 5.92 Å². The van der Waals surface area contributed by atoms with Gasteiger partial charge in [-0.1, -0.05) is 38.1 Å². The third kappa shape index (κ3) is 3.42. The molecule has 0 fully saturated rings. The van der Waals surface area contributed by atoms with Crippen LogP contribution in [0.4, 0.5) is 0 Å². The van der Waals surface area contributed by atoms with Crippen LogP contribution in [0.15, 0.2) is 34.7 Å². The van der Waals surface area contributed by atoms with E-state index in [1.54, 1.807) is 0 Å². The second kappa shape index (κ2) is 5.83. The monoisotopic (exact) mass is 276 g/mol. The van der Waals surface area contributed by atoms with Gasteiger partial charge in [0, 0.05) is 5.56 Å². The molecule has 0 aliphatic carbocycles. The first kappa shape index (κ1) is 14.2. The summed E-state index contributed by atoms with van der Waals surface area (Å²) in [6, 6.07) is 10.6. The van der Waals surface area contributed by atoms with Crippen LogP contribution in [0.3, 0.4) is 0 Å². The molecule has 1 aromatic heterocycles. The number of benzene rings is 1. The Hall–Kier alpha value is -1.21. The summed E-state index contributed by atoms with van der Waals surface area (Å²) in [6.07, 6.45) is 1.11. The zero-order chi connectivity index (χ0) is 14.0. The molecule has 2 rings (SSSR count). The summed E-state index contributed by atoms with van der Waals surface area (Å²) in [5.41, 5.74) is 3.55. The van der Waals surface area contributed by atoms with Gasteiger partial charge in [0.05, 0.1) is 5.38 Å². The molecule has 0 aliphatic rings. The molecule has 1 atom stereocenters. The summed E-state index contributed by atoms with van der Waals surface area (Å²) in [5.74, 6) is 2.50. The zero-order valence-corrected chi connectivity index (χ0v) is 12.8. The van der Waals surface area contributed by atoms with Crippen LogP contribution >= 0.6 is 11.6 Å². The third-order valence-electron chi connectivity index (χ3n) is 3.27. The number of furan rings is 1. The number of rotatable bonds is 4. The predicted octanol–water partition coefficient (Wildman–Crippen LogP) is 5.42. The van der Waals surface area contributed by atoms with E-state index in [0.717, 1.165) is 29.1 Å². The van der Waals surface area contributed by atoms with Crippen LogP contribution in [0.2, 0.25) is 0 Å². The normalized spacial score (nSPS) is 12.9. The molecular weight excluding hydrogens is 256 g/mol. The molecule has 19 heavy (non-hydrogen) atoms. The van der Waals surface area contributed by atoms with E-state index >= 15 is 0 Å². The van der Waals surface area contributed by atoms with Crippen molar-refractivity contribution in [3.63, 3.8) is 0 Å². The molecule has 0 N–H and O–H groups in total. The summed E-state index contributed by atoms with van der Waals surface area (Å²) in [7, 11) is 0. The van der Waals surface area contributed by atoms with Crippen molar-refractivity contribution < 1.29 is 4.42 Å². The van der Waals surface area contributed by atoms with Crippen LogP contribution in [-0.2, 0) is 6.42 Å². The predicted molar refractivity (Wildman–Crippen MR) is 80.9 cm³/mol. The average Bonchev–Trinajstić information content (AvgIpc) is 2.68. The lowest BCUT2D eigenvalue weighted by molar-refractivity contribution is 0.501. The van der Waals surface area contributed by atoms with Crippen LogP contribution in [0.1, 0.15) is 47.4 Å². The first-order chi connectivity index (χ1) is 8.97. The maximum absolute atomic E-state index is 6.55. The number of hydrogen-bond acceptors (Lipinski definition) is 1. The molecule has 102 valence electrons. The largest absolute Gasteiger partial charge is 0.466 e. The van der Waals surface area contributed by atoms with Crippen LogP contribution in [0.25, 0.3) is 0 Å². The fourth-order valence-electron chi connectivity index (χ4n) is 2.38. The molecule has 0 saturated carbocycles. The quantitative estimate of drug-likeness (QED) is 0.679. The van der Waals surface area contributed by atoms with Gasteiger partial charge in [0.25, 0.3) is 0 Å². The van der Waals surface area contributed by atoms with Gasteiger partial charge in [0.1, 0.15) is 11.5 Å². The van der Waals surface area contributed by atoms with Gasteiger partial charge in [-0.3, -0.25) is 0 Å². The Morgan fingerprint density at radius 2 is 1.74 bits per heavy atom. The van der Waals surface area contributed by atoms with Gasteiger partial charge in [-0.05, 0) is 43.4 Å². The van der Waals surface area contributed by atoms with Gasteiger partial charge in [-0.25, -0.2) is 0 Å². The van der Waals surface area contributed by atoms with Gasteiger partial charge in [0.15, 0.2) is 0 Å². The Bertz CT molecular complexity index is 537. The molecule has 0 spiro atoms. The molecule has 0 aliphatic heterocycles. The van der Waals surface area contributed by atoms with E-state index < -0.39 is 0 Å². The minimum Gasteiger partial charge on any atom is -0.466 e. The Balaban J connectivity index is 2.20. The van der Waals surface area contributed by atoms with Gasteiger partial charge in [-0.15, -0.1) is 11.6 Å². The van der Waals surface area contributed by atoms with Crippen LogP contribution < -0.4 is 0 Å². The zero-order valence-electron chi connectivity index (χ0n) is 12.0. The second-order valence-corrected chi connectivity index (χ2v) is 6.01. The molecule has 2 aromatic rings. The smallest absolute Gasteiger partial charge is 0.106 e. The Morgan fingerprint density at radius 1 is 1.11 bits per heavy atom. The Kier molecular flexibility index (Phi) is 4.36. The van der Waals surface area contributed by atoms with Gasteiger partial charge in [0.2, 0.25) is 0 Å². The van der Waals surface area contributed by atoms with Crippen LogP contribution in [-0.4, -0.2) is 0 Å². The molecule has 0 saturated heterocycles. The van der Waals surface area contributed by atoms with E-state index in [0.29, 0.717) is 5.92 Å². The first-order valence-corrected chi connectivity index (χ1v) is 7.21. The summed E-state index contributed by atoms with van der Waals surface area (Å²) >= 11 is 6.55. The minimum atomic E-state index is -0.134. The second-order valence-electron chi connectivity index (χ2n) is 5.57. The Morgan fingerprint density at radius 3 is 2.21 bits per heavy atom. The van der Waals surface area contributed by atoms with Crippen LogP contribution in [0.5, 0.6) is 0 Å². The number of alkyl halides is 1. The van der Waals surface area contributed by atoms with Crippen molar-refractivity contribution >= 4 is 11.6 Å². The average molecular weight is 277 g/mol. The van der Waals surface area contributed by atoms with E-state index in [-0.39, 0.29) is 5.38 Å². The highest BCUT2D eigenvalue weighted by Crippen LogP contribution is 2.32.